The molecule has 2 aromatic heterocycles. The standard InChI is InChI=1S/C17H17BrN4O/c1-10-7-12(18)5-6-13(10)14-9-16-19-15(17(23)21(3)4)8-11(2)22(16)20-14/h5-9H,1-4H3. The lowest BCUT2D eigenvalue weighted by Crippen LogP contribution is -2.23. The zero-order valence-corrected chi connectivity index (χ0v) is 15.0. The summed E-state index contributed by atoms with van der Waals surface area (Å²) in [6.07, 6.45) is 0. The van der Waals surface area contributed by atoms with E-state index in [1.807, 2.05) is 32.0 Å². The molecule has 0 aliphatic carbocycles. The summed E-state index contributed by atoms with van der Waals surface area (Å²) in [5.41, 5.74) is 5.01. The third-order valence-corrected chi connectivity index (χ3v) is 4.19. The number of hydrogen-bond acceptors (Lipinski definition) is 3. The molecule has 0 aliphatic heterocycles. The van der Waals surface area contributed by atoms with Gasteiger partial charge in [-0.3, -0.25) is 4.79 Å². The molecule has 6 heteroatoms. The van der Waals surface area contributed by atoms with Crippen molar-refractivity contribution in [1.82, 2.24) is 19.5 Å². The maximum absolute atomic E-state index is 12.1. The highest BCUT2D eigenvalue weighted by Gasteiger charge is 2.15. The van der Waals surface area contributed by atoms with Crippen LogP contribution in [0.2, 0.25) is 0 Å². The lowest BCUT2D eigenvalue weighted by molar-refractivity contribution is 0.0822. The van der Waals surface area contributed by atoms with Crippen molar-refractivity contribution in [3.63, 3.8) is 0 Å². The second-order valence-corrected chi connectivity index (χ2v) is 6.66. The van der Waals surface area contributed by atoms with Gasteiger partial charge in [-0.2, -0.15) is 5.10 Å². The number of rotatable bonds is 2. The van der Waals surface area contributed by atoms with Gasteiger partial charge in [-0.25, -0.2) is 9.50 Å². The Morgan fingerprint density at radius 3 is 2.57 bits per heavy atom. The topological polar surface area (TPSA) is 50.5 Å². The van der Waals surface area contributed by atoms with E-state index in [4.69, 9.17) is 0 Å². The van der Waals surface area contributed by atoms with Crippen molar-refractivity contribution >= 4 is 27.5 Å². The van der Waals surface area contributed by atoms with Crippen molar-refractivity contribution in [1.29, 1.82) is 0 Å². The summed E-state index contributed by atoms with van der Waals surface area (Å²) in [5, 5.41) is 4.63. The van der Waals surface area contributed by atoms with Crippen LogP contribution in [0.4, 0.5) is 0 Å². The molecule has 0 atom stereocenters. The number of carbonyl (C=O) groups is 1. The highest BCUT2D eigenvalue weighted by atomic mass is 79.9. The third-order valence-electron chi connectivity index (χ3n) is 3.69. The third kappa shape index (κ3) is 2.86. The van der Waals surface area contributed by atoms with E-state index < -0.39 is 0 Å². The van der Waals surface area contributed by atoms with Gasteiger partial charge in [0.15, 0.2) is 5.65 Å². The molecule has 5 nitrogen and oxygen atoms in total. The average Bonchev–Trinajstić information content (AvgIpc) is 2.90. The summed E-state index contributed by atoms with van der Waals surface area (Å²) >= 11 is 3.47. The zero-order valence-electron chi connectivity index (χ0n) is 13.5. The van der Waals surface area contributed by atoms with Gasteiger partial charge in [-0.15, -0.1) is 0 Å². The summed E-state index contributed by atoms with van der Waals surface area (Å²) in [6, 6.07) is 9.76. The number of aromatic nitrogens is 3. The molecule has 0 bridgehead atoms. The minimum absolute atomic E-state index is 0.113. The van der Waals surface area contributed by atoms with Crippen LogP contribution in [0.5, 0.6) is 0 Å². The van der Waals surface area contributed by atoms with E-state index in [0.29, 0.717) is 11.3 Å². The SMILES string of the molecule is Cc1cc(Br)ccc1-c1cc2nc(C(=O)N(C)C)cc(C)n2n1. The molecule has 0 radical (unpaired) electrons. The molecule has 0 unspecified atom stereocenters. The summed E-state index contributed by atoms with van der Waals surface area (Å²) in [4.78, 5) is 18.1. The largest absolute Gasteiger partial charge is 0.343 e. The van der Waals surface area contributed by atoms with E-state index in [-0.39, 0.29) is 5.91 Å². The number of carbonyl (C=O) groups excluding carboxylic acids is 1. The molecule has 3 aromatic rings. The van der Waals surface area contributed by atoms with E-state index in [1.165, 1.54) is 4.90 Å². The van der Waals surface area contributed by atoms with Gasteiger partial charge < -0.3 is 4.90 Å². The van der Waals surface area contributed by atoms with Gasteiger partial charge in [0.2, 0.25) is 0 Å². The second kappa shape index (κ2) is 5.77. The van der Waals surface area contributed by atoms with Crippen LogP contribution in [0.25, 0.3) is 16.9 Å². The molecule has 2 heterocycles. The number of benzene rings is 1. The van der Waals surface area contributed by atoms with Gasteiger partial charge in [0, 0.05) is 35.9 Å². The van der Waals surface area contributed by atoms with Gasteiger partial charge in [0.1, 0.15) is 5.69 Å². The highest BCUT2D eigenvalue weighted by molar-refractivity contribution is 9.10. The molecule has 0 N–H and O–H groups in total. The molecule has 1 amide bonds. The predicted octanol–water partition coefficient (Wildman–Crippen LogP) is 3.48. The quantitative estimate of drug-likeness (QED) is 0.691. The van der Waals surface area contributed by atoms with E-state index in [2.05, 4.69) is 32.1 Å². The number of halogens is 1. The van der Waals surface area contributed by atoms with Gasteiger partial charge in [-0.05, 0) is 37.6 Å². The summed E-state index contributed by atoms with van der Waals surface area (Å²) in [5.74, 6) is -0.113. The van der Waals surface area contributed by atoms with E-state index >= 15 is 0 Å². The van der Waals surface area contributed by atoms with Crippen LogP contribution in [0, 0.1) is 13.8 Å². The predicted molar refractivity (Wildman–Crippen MR) is 93.6 cm³/mol. The molecule has 0 fully saturated rings. The Balaban J connectivity index is 2.15. The first-order valence-electron chi connectivity index (χ1n) is 7.22. The molecule has 3 rings (SSSR count). The monoisotopic (exact) mass is 372 g/mol. The van der Waals surface area contributed by atoms with Crippen molar-refractivity contribution in [2.45, 2.75) is 13.8 Å². The maximum Gasteiger partial charge on any atom is 0.272 e. The van der Waals surface area contributed by atoms with E-state index in [0.717, 1.165) is 27.0 Å². The molecule has 0 saturated heterocycles. The van der Waals surface area contributed by atoms with Gasteiger partial charge in [0.25, 0.3) is 5.91 Å². The van der Waals surface area contributed by atoms with Crippen LogP contribution in [-0.2, 0) is 0 Å². The molecular weight excluding hydrogens is 356 g/mol. The highest BCUT2D eigenvalue weighted by Crippen LogP contribution is 2.26. The van der Waals surface area contributed by atoms with Gasteiger partial charge in [-0.1, -0.05) is 22.0 Å². The Morgan fingerprint density at radius 2 is 1.91 bits per heavy atom. The van der Waals surface area contributed by atoms with E-state index in [9.17, 15) is 4.79 Å². The fourth-order valence-electron chi connectivity index (χ4n) is 2.51. The van der Waals surface area contributed by atoms with Crippen molar-refractivity contribution < 1.29 is 4.79 Å². The number of aryl methyl sites for hydroxylation is 2. The Bertz CT molecular complexity index is 914. The van der Waals surface area contributed by atoms with Crippen LogP contribution in [0.1, 0.15) is 21.7 Å². The normalized spacial score (nSPS) is 11.0. The van der Waals surface area contributed by atoms with Crippen LogP contribution in [0.3, 0.4) is 0 Å². The molecule has 0 saturated carbocycles. The molecular formula is C17H17BrN4O. The lowest BCUT2D eigenvalue weighted by atomic mass is 10.1. The first kappa shape index (κ1) is 15.7. The van der Waals surface area contributed by atoms with Crippen molar-refractivity contribution in [3.8, 4) is 11.3 Å². The van der Waals surface area contributed by atoms with Crippen LogP contribution >= 0.6 is 15.9 Å². The van der Waals surface area contributed by atoms with Crippen LogP contribution in [0.15, 0.2) is 34.8 Å². The lowest BCUT2D eigenvalue weighted by Gasteiger charge is -2.10. The number of hydrogen-bond donors (Lipinski definition) is 0. The molecule has 0 aliphatic rings. The summed E-state index contributed by atoms with van der Waals surface area (Å²) < 4.78 is 2.80. The van der Waals surface area contributed by atoms with Crippen LogP contribution < -0.4 is 0 Å². The number of nitrogens with zero attached hydrogens (tertiary/aromatic N) is 4. The van der Waals surface area contributed by atoms with Crippen LogP contribution in [-0.4, -0.2) is 39.5 Å². The molecule has 1 aromatic carbocycles. The minimum atomic E-state index is -0.113. The average molecular weight is 373 g/mol. The summed E-state index contributed by atoms with van der Waals surface area (Å²) in [7, 11) is 3.44. The molecule has 23 heavy (non-hydrogen) atoms. The fraction of sp³-hybridized carbons (Fsp3) is 0.235. The second-order valence-electron chi connectivity index (χ2n) is 5.74. The maximum atomic E-state index is 12.1. The smallest absolute Gasteiger partial charge is 0.272 e. The number of fused-ring (bicyclic) bond motifs is 1. The van der Waals surface area contributed by atoms with Crippen molar-refractivity contribution in [3.05, 3.63) is 51.8 Å². The Hall–Kier alpha value is -2.21. The Kier molecular flexibility index (Phi) is 3.93. The summed E-state index contributed by atoms with van der Waals surface area (Å²) in [6.45, 7) is 3.97. The van der Waals surface area contributed by atoms with Crippen molar-refractivity contribution in [2.75, 3.05) is 14.1 Å². The molecule has 0 spiro atoms. The van der Waals surface area contributed by atoms with Gasteiger partial charge >= 0.3 is 0 Å². The zero-order chi connectivity index (χ0) is 16.7. The van der Waals surface area contributed by atoms with E-state index in [1.54, 1.807) is 24.7 Å². The van der Waals surface area contributed by atoms with Crippen molar-refractivity contribution in [2.24, 2.45) is 0 Å². The fourth-order valence-corrected chi connectivity index (χ4v) is 2.99. The molecule has 118 valence electrons. The minimum Gasteiger partial charge on any atom is -0.343 e. The Labute approximate surface area is 143 Å². The first-order valence-corrected chi connectivity index (χ1v) is 8.01. The van der Waals surface area contributed by atoms with Gasteiger partial charge in [0.05, 0.1) is 5.69 Å². The Morgan fingerprint density at radius 1 is 1.17 bits per heavy atom. The number of amides is 1. The first-order chi connectivity index (χ1) is 10.9.